The fourth-order valence-corrected chi connectivity index (χ4v) is 1.98. The summed E-state index contributed by atoms with van der Waals surface area (Å²) in [6, 6.07) is 7.59. The van der Waals surface area contributed by atoms with Gasteiger partial charge in [-0.1, -0.05) is 6.07 Å². The third kappa shape index (κ3) is 2.17. The molecule has 0 saturated heterocycles. The van der Waals surface area contributed by atoms with Crippen molar-refractivity contribution in [2.45, 2.75) is 19.5 Å². The standard InChI is InChI=1S/C13H16N2O2/c1-9(14)8-15-7-6-10-11(13(16)17-2)4-3-5-12(10)15/h3-7,9H,8,14H2,1-2H3/t9-/m1/s1. The number of fused-ring (bicyclic) bond motifs is 1. The normalized spacial score (nSPS) is 12.6. The Kier molecular flexibility index (Phi) is 3.15. The highest BCUT2D eigenvalue weighted by Crippen LogP contribution is 2.21. The van der Waals surface area contributed by atoms with Crippen molar-refractivity contribution in [2.24, 2.45) is 5.73 Å². The lowest BCUT2D eigenvalue weighted by atomic mass is 10.1. The summed E-state index contributed by atoms with van der Waals surface area (Å²) in [5.74, 6) is -0.311. The SMILES string of the molecule is COC(=O)c1cccc2c1ccn2C[C@@H](C)N. The molecule has 0 aliphatic heterocycles. The van der Waals surface area contributed by atoms with Crippen molar-refractivity contribution in [3.8, 4) is 0 Å². The highest BCUT2D eigenvalue weighted by Gasteiger charge is 2.12. The summed E-state index contributed by atoms with van der Waals surface area (Å²) in [7, 11) is 1.39. The van der Waals surface area contributed by atoms with E-state index >= 15 is 0 Å². The first-order valence-electron chi connectivity index (χ1n) is 5.55. The zero-order valence-corrected chi connectivity index (χ0v) is 10.0. The van der Waals surface area contributed by atoms with E-state index in [9.17, 15) is 4.79 Å². The Morgan fingerprint density at radius 2 is 2.24 bits per heavy atom. The molecule has 0 saturated carbocycles. The van der Waals surface area contributed by atoms with Crippen LogP contribution in [0.2, 0.25) is 0 Å². The van der Waals surface area contributed by atoms with Gasteiger partial charge in [-0.25, -0.2) is 4.79 Å². The summed E-state index contributed by atoms with van der Waals surface area (Å²) < 4.78 is 6.81. The number of hydrogen-bond acceptors (Lipinski definition) is 3. The highest BCUT2D eigenvalue weighted by molar-refractivity contribution is 6.03. The number of carbonyl (C=O) groups excluding carboxylic acids is 1. The van der Waals surface area contributed by atoms with Gasteiger partial charge in [0.15, 0.2) is 0 Å². The van der Waals surface area contributed by atoms with Crippen LogP contribution in [0.5, 0.6) is 0 Å². The summed E-state index contributed by atoms with van der Waals surface area (Å²) in [4.78, 5) is 11.6. The van der Waals surface area contributed by atoms with Crippen LogP contribution in [-0.4, -0.2) is 23.7 Å². The smallest absolute Gasteiger partial charge is 0.338 e. The quantitative estimate of drug-likeness (QED) is 0.820. The van der Waals surface area contributed by atoms with Gasteiger partial charge in [0, 0.05) is 29.7 Å². The minimum absolute atomic E-state index is 0.0763. The van der Waals surface area contributed by atoms with E-state index in [0.29, 0.717) is 5.56 Å². The van der Waals surface area contributed by atoms with Crippen molar-refractivity contribution >= 4 is 16.9 Å². The van der Waals surface area contributed by atoms with E-state index in [-0.39, 0.29) is 12.0 Å². The Hall–Kier alpha value is -1.81. The molecule has 0 radical (unpaired) electrons. The second kappa shape index (κ2) is 4.59. The maximum atomic E-state index is 11.6. The van der Waals surface area contributed by atoms with Gasteiger partial charge in [-0.3, -0.25) is 0 Å². The molecular weight excluding hydrogens is 216 g/mol. The third-order valence-corrected chi connectivity index (χ3v) is 2.70. The summed E-state index contributed by atoms with van der Waals surface area (Å²) in [5.41, 5.74) is 7.38. The molecule has 90 valence electrons. The van der Waals surface area contributed by atoms with E-state index in [0.717, 1.165) is 17.4 Å². The predicted molar refractivity (Wildman–Crippen MR) is 66.9 cm³/mol. The lowest BCUT2D eigenvalue weighted by Crippen LogP contribution is -2.21. The van der Waals surface area contributed by atoms with Crippen LogP contribution in [0, 0.1) is 0 Å². The molecule has 0 fully saturated rings. The van der Waals surface area contributed by atoms with Gasteiger partial charge < -0.3 is 15.0 Å². The van der Waals surface area contributed by atoms with Crippen LogP contribution in [0.25, 0.3) is 10.9 Å². The summed E-state index contributed by atoms with van der Waals surface area (Å²) in [6.45, 7) is 2.68. The molecular formula is C13H16N2O2. The van der Waals surface area contributed by atoms with E-state index in [1.165, 1.54) is 7.11 Å². The van der Waals surface area contributed by atoms with Gasteiger partial charge in [-0.2, -0.15) is 0 Å². The minimum Gasteiger partial charge on any atom is -0.465 e. The van der Waals surface area contributed by atoms with Crippen LogP contribution in [0.3, 0.4) is 0 Å². The molecule has 2 aromatic rings. The Labute approximate surface area is 100.0 Å². The molecule has 1 atom stereocenters. The monoisotopic (exact) mass is 232 g/mol. The third-order valence-electron chi connectivity index (χ3n) is 2.70. The van der Waals surface area contributed by atoms with Gasteiger partial charge in [0.1, 0.15) is 0 Å². The Morgan fingerprint density at radius 3 is 2.88 bits per heavy atom. The lowest BCUT2D eigenvalue weighted by molar-refractivity contribution is 0.0603. The van der Waals surface area contributed by atoms with Gasteiger partial charge in [-0.15, -0.1) is 0 Å². The van der Waals surface area contributed by atoms with Gasteiger partial charge in [0.05, 0.1) is 12.7 Å². The summed E-state index contributed by atoms with van der Waals surface area (Å²) in [5, 5.41) is 0.903. The zero-order valence-electron chi connectivity index (χ0n) is 10.0. The largest absolute Gasteiger partial charge is 0.465 e. The molecule has 4 nitrogen and oxygen atoms in total. The first-order valence-corrected chi connectivity index (χ1v) is 5.55. The van der Waals surface area contributed by atoms with Crippen LogP contribution in [0.15, 0.2) is 30.5 Å². The number of carbonyl (C=O) groups is 1. The first kappa shape index (κ1) is 11.7. The lowest BCUT2D eigenvalue weighted by Gasteiger charge is -2.09. The summed E-state index contributed by atoms with van der Waals surface area (Å²) >= 11 is 0. The molecule has 0 amide bonds. The van der Waals surface area contributed by atoms with Gasteiger partial charge in [0.25, 0.3) is 0 Å². The molecule has 0 spiro atoms. The molecule has 0 unspecified atom stereocenters. The maximum Gasteiger partial charge on any atom is 0.338 e. The van der Waals surface area contributed by atoms with E-state index in [4.69, 9.17) is 10.5 Å². The number of nitrogens with two attached hydrogens (primary N) is 1. The first-order chi connectivity index (χ1) is 8.13. The molecule has 1 aromatic carbocycles. The van der Waals surface area contributed by atoms with E-state index in [2.05, 4.69) is 0 Å². The topological polar surface area (TPSA) is 57.2 Å². The second-order valence-corrected chi connectivity index (χ2v) is 4.18. The van der Waals surface area contributed by atoms with Crippen LogP contribution in [0.4, 0.5) is 0 Å². The van der Waals surface area contributed by atoms with Crippen LogP contribution < -0.4 is 5.73 Å². The number of rotatable bonds is 3. The minimum atomic E-state index is -0.311. The molecule has 4 heteroatoms. The molecule has 0 aliphatic carbocycles. The number of methoxy groups -OCH3 is 1. The number of esters is 1. The fourth-order valence-electron chi connectivity index (χ4n) is 1.98. The molecule has 1 heterocycles. The number of nitrogens with zero attached hydrogens (tertiary/aromatic N) is 1. The van der Waals surface area contributed by atoms with Crippen molar-refractivity contribution in [3.63, 3.8) is 0 Å². The van der Waals surface area contributed by atoms with Gasteiger partial charge >= 0.3 is 5.97 Å². The number of benzene rings is 1. The number of aromatic nitrogens is 1. The molecule has 17 heavy (non-hydrogen) atoms. The number of hydrogen-bond donors (Lipinski definition) is 1. The van der Waals surface area contributed by atoms with Crippen molar-refractivity contribution in [2.75, 3.05) is 7.11 Å². The Balaban J connectivity index is 2.52. The van der Waals surface area contributed by atoms with Crippen molar-refractivity contribution < 1.29 is 9.53 Å². The van der Waals surface area contributed by atoms with E-state index < -0.39 is 0 Å². The molecule has 2 N–H and O–H groups in total. The Bertz CT molecular complexity index is 543. The zero-order chi connectivity index (χ0) is 12.4. The molecule has 0 bridgehead atoms. The van der Waals surface area contributed by atoms with E-state index in [1.807, 2.05) is 35.9 Å². The van der Waals surface area contributed by atoms with Gasteiger partial charge in [-0.05, 0) is 25.1 Å². The highest BCUT2D eigenvalue weighted by atomic mass is 16.5. The molecule has 1 aromatic heterocycles. The van der Waals surface area contributed by atoms with Crippen molar-refractivity contribution in [3.05, 3.63) is 36.0 Å². The van der Waals surface area contributed by atoms with Crippen LogP contribution in [0.1, 0.15) is 17.3 Å². The second-order valence-electron chi connectivity index (χ2n) is 4.18. The fraction of sp³-hybridized carbons (Fsp3) is 0.308. The molecule has 2 rings (SSSR count). The predicted octanol–water partition coefficient (Wildman–Crippen LogP) is 1.78. The van der Waals surface area contributed by atoms with Crippen LogP contribution in [-0.2, 0) is 11.3 Å². The summed E-state index contributed by atoms with van der Waals surface area (Å²) in [6.07, 6.45) is 1.94. The van der Waals surface area contributed by atoms with E-state index in [1.54, 1.807) is 6.07 Å². The number of ether oxygens (including phenoxy) is 1. The van der Waals surface area contributed by atoms with Crippen molar-refractivity contribution in [1.82, 2.24) is 4.57 Å². The average molecular weight is 232 g/mol. The maximum absolute atomic E-state index is 11.6. The molecule has 0 aliphatic rings. The Morgan fingerprint density at radius 1 is 1.47 bits per heavy atom. The van der Waals surface area contributed by atoms with Gasteiger partial charge in [0.2, 0.25) is 0 Å². The van der Waals surface area contributed by atoms with Crippen LogP contribution >= 0.6 is 0 Å². The van der Waals surface area contributed by atoms with Crippen molar-refractivity contribution in [1.29, 1.82) is 0 Å². The average Bonchev–Trinajstić information content (AvgIpc) is 2.71.